The van der Waals surface area contributed by atoms with E-state index in [1.54, 1.807) is 6.07 Å². The average molecular weight is 292 g/mol. The predicted molar refractivity (Wildman–Crippen MR) is 82.1 cm³/mol. The van der Waals surface area contributed by atoms with Crippen molar-refractivity contribution in [3.8, 4) is 0 Å². The van der Waals surface area contributed by atoms with Crippen LogP contribution in [0.1, 0.15) is 5.56 Å². The molecule has 1 aliphatic rings. The highest BCUT2D eigenvalue weighted by molar-refractivity contribution is 7.10. The lowest BCUT2D eigenvalue weighted by molar-refractivity contribution is 0.598. The number of aromatic nitrogens is 1. The summed E-state index contributed by atoms with van der Waals surface area (Å²) in [5.41, 5.74) is 7.54. The Morgan fingerprint density at radius 3 is 2.40 bits per heavy atom. The summed E-state index contributed by atoms with van der Waals surface area (Å²) in [5.74, 6) is 0.459. The van der Waals surface area contributed by atoms with Gasteiger partial charge in [-0.2, -0.15) is 4.37 Å². The van der Waals surface area contributed by atoms with Crippen LogP contribution in [0.15, 0.2) is 24.3 Å². The van der Waals surface area contributed by atoms with Crippen LogP contribution in [-0.2, 0) is 0 Å². The lowest BCUT2D eigenvalue weighted by Crippen LogP contribution is -2.46. The molecule has 1 saturated heterocycles. The van der Waals surface area contributed by atoms with E-state index in [1.165, 1.54) is 17.6 Å². The molecule has 2 heterocycles. The molecule has 1 aliphatic heterocycles. The second kappa shape index (κ2) is 5.28. The second-order valence-electron chi connectivity index (χ2n) is 4.92. The molecule has 4 nitrogen and oxygen atoms in total. The molecule has 1 fully saturated rings. The Labute approximate surface area is 121 Å². The first-order valence-electron chi connectivity index (χ1n) is 6.63. The normalized spacial score (nSPS) is 15.7. The zero-order valence-corrected chi connectivity index (χ0v) is 12.2. The SMILES string of the molecule is Cc1c(N)nsc1N1CCN(c2ccccc2F)CC1. The average Bonchev–Trinajstić information content (AvgIpc) is 2.80. The van der Waals surface area contributed by atoms with Gasteiger partial charge in [-0.25, -0.2) is 4.39 Å². The van der Waals surface area contributed by atoms with Gasteiger partial charge in [0.25, 0.3) is 0 Å². The van der Waals surface area contributed by atoms with Gasteiger partial charge in [0.1, 0.15) is 16.6 Å². The molecule has 6 heteroatoms. The van der Waals surface area contributed by atoms with Crippen molar-refractivity contribution in [2.75, 3.05) is 41.7 Å². The quantitative estimate of drug-likeness (QED) is 0.924. The molecular formula is C14H17FN4S. The number of nitrogen functional groups attached to an aromatic ring is 1. The third-order valence-electron chi connectivity index (χ3n) is 3.70. The molecule has 0 unspecified atom stereocenters. The summed E-state index contributed by atoms with van der Waals surface area (Å²) in [7, 11) is 0. The topological polar surface area (TPSA) is 45.4 Å². The minimum absolute atomic E-state index is 0.154. The molecule has 0 atom stereocenters. The Morgan fingerprint density at radius 1 is 1.15 bits per heavy atom. The van der Waals surface area contributed by atoms with E-state index in [9.17, 15) is 4.39 Å². The minimum Gasteiger partial charge on any atom is -0.383 e. The number of hydrogen-bond donors (Lipinski definition) is 1. The summed E-state index contributed by atoms with van der Waals surface area (Å²) in [6.45, 7) is 5.32. The number of nitrogens with two attached hydrogens (primary N) is 1. The van der Waals surface area contributed by atoms with Crippen molar-refractivity contribution in [3.63, 3.8) is 0 Å². The Morgan fingerprint density at radius 2 is 1.80 bits per heavy atom. The number of para-hydroxylation sites is 1. The van der Waals surface area contributed by atoms with E-state index in [-0.39, 0.29) is 5.82 Å². The minimum atomic E-state index is -0.154. The molecule has 106 valence electrons. The lowest BCUT2D eigenvalue weighted by Gasteiger charge is -2.36. The van der Waals surface area contributed by atoms with Gasteiger partial charge in [0.2, 0.25) is 0 Å². The van der Waals surface area contributed by atoms with Gasteiger partial charge in [0, 0.05) is 31.7 Å². The Bertz CT molecular complexity index is 605. The number of nitrogens with zero attached hydrogens (tertiary/aromatic N) is 3. The fourth-order valence-electron chi connectivity index (χ4n) is 2.49. The highest BCUT2D eigenvalue weighted by Crippen LogP contribution is 2.31. The summed E-state index contributed by atoms with van der Waals surface area (Å²) in [6.07, 6.45) is 0. The van der Waals surface area contributed by atoms with Crippen molar-refractivity contribution >= 4 is 28.0 Å². The molecule has 0 bridgehead atoms. The van der Waals surface area contributed by atoms with Gasteiger partial charge < -0.3 is 15.5 Å². The van der Waals surface area contributed by atoms with Crippen molar-refractivity contribution in [2.45, 2.75) is 6.92 Å². The molecule has 1 aromatic carbocycles. The lowest BCUT2D eigenvalue weighted by atomic mass is 10.2. The molecule has 2 aromatic rings. The van der Waals surface area contributed by atoms with Gasteiger partial charge in [0.15, 0.2) is 0 Å². The summed E-state index contributed by atoms with van der Waals surface area (Å²) in [5, 5.41) is 1.13. The van der Waals surface area contributed by atoms with Crippen LogP contribution >= 0.6 is 11.5 Å². The fourth-order valence-corrected chi connectivity index (χ4v) is 3.35. The van der Waals surface area contributed by atoms with Crippen LogP contribution in [-0.4, -0.2) is 30.6 Å². The monoisotopic (exact) mass is 292 g/mol. The summed E-state index contributed by atoms with van der Waals surface area (Å²) in [6, 6.07) is 6.94. The summed E-state index contributed by atoms with van der Waals surface area (Å²) >= 11 is 1.44. The van der Waals surface area contributed by atoms with Crippen LogP contribution in [0.3, 0.4) is 0 Å². The number of piperazine rings is 1. The van der Waals surface area contributed by atoms with E-state index < -0.39 is 0 Å². The van der Waals surface area contributed by atoms with Crippen LogP contribution in [0, 0.1) is 12.7 Å². The molecule has 3 rings (SSSR count). The number of benzene rings is 1. The molecule has 1 aromatic heterocycles. The van der Waals surface area contributed by atoms with Gasteiger partial charge in [-0.15, -0.1) is 0 Å². The van der Waals surface area contributed by atoms with E-state index in [0.717, 1.165) is 36.7 Å². The van der Waals surface area contributed by atoms with Gasteiger partial charge in [-0.05, 0) is 30.6 Å². The standard InChI is InChI=1S/C14H17FN4S/c1-10-13(16)17-20-14(10)19-8-6-18(7-9-19)12-5-3-2-4-11(12)15/h2-5H,6-9H2,1H3,(H2,16,17). The van der Waals surface area contributed by atoms with E-state index >= 15 is 0 Å². The summed E-state index contributed by atoms with van der Waals surface area (Å²) in [4.78, 5) is 4.37. The van der Waals surface area contributed by atoms with Gasteiger partial charge in [0.05, 0.1) is 5.69 Å². The molecule has 0 aliphatic carbocycles. The van der Waals surface area contributed by atoms with E-state index in [1.807, 2.05) is 19.1 Å². The van der Waals surface area contributed by atoms with E-state index in [2.05, 4.69) is 14.2 Å². The highest BCUT2D eigenvalue weighted by atomic mass is 32.1. The number of halogens is 1. The van der Waals surface area contributed by atoms with E-state index in [4.69, 9.17) is 5.73 Å². The van der Waals surface area contributed by atoms with Gasteiger partial charge in [-0.1, -0.05) is 12.1 Å². The van der Waals surface area contributed by atoms with Gasteiger partial charge >= 0.3 is 0 Å². The Hall–Kier alpha value is -1.82. The largest absolute Gasteiger partial charge is 0.383 e. The highest BCUT2D eigenvalue weighted by Gasteiger charge is 2.22. The molecule has 2 N–H and O–H groups in total. The van der Waals surface area contributed by atoms with Crippen molar-refractivity contribution in [3.05, 3.63) is 35.6 Å². The van der Waals surface area contributed by atoms with E-state index in [0.29, 0.717) is 11.5 Å². The first kappa shape index (κ1) is 13.2. The summed E-state index contributed by atoms with van der Waals surface area (Å²) < 4.78 is 18.0. The van der Waals surface area contributed by atoms with Crippen molar-refractivity contribution < 1.29 is 4.39 Å². The van der Waals surface area contributed by atoms with Crippen LogP contribution in [0.2, 0.25) is 0 Å². The molecule has 0 amide bonds. The maximum Gasteiger partial charge on any atom is 0.146 e. The van der Waals surface area contributed by atoms with Crippen molar-refractivity contribution in [1.29, 1.82) is 0 Å². The molecule has 0 saturated carbocycles. The number of hydrogen-bond acceptors (Lipinski definition) is 5. The number of anilines is 3. The second-order valence-corrected chi connectivity index (χ2v) is 5.68. The zero-order valence-electron chi connectivity index (χ0n) is 11.3. The number of rotatable bonds is 2. The smallest absolute Gasteiger partial charge is 0.146 e. The molecule has 20 heavy (non-hydrogen) atoms. The van der Waals surface area contributed by atoms with Crippen LogP contribution in [0.5, 0.6) is 0 Å². The van der Waals surface area contributed by atoms with Crippen LogP contribution in [0.25, 0.3) is 0 Å². The Kier molecular flexibility index (Phi) is 3.48. The van der Waals surface area contributed by atoms with Crippen LogP contribution in [0.4, 0.5) is 20.9 Å². The Balaban J connectivity index is 1.71. The molecule has 0 spiro atoms. The molecular weight excluding hydrogens is 275 g/mol. The van der Waals surface area contributed by atoms with Gasteiger partial charge in [-0.3, -0.25) is 0 Å². The van der Waals surface area contributed by atoms with Crippen molar-refractivity contribution in [2.24, 2.45) is 0 Å². The maximum atomic E-state index is 13.8. The third kappa shape index (κ3) is 2.31. The zero-order chi connectivity index (χ0) is 14.1. The first-order valence-corrected chi connectivity index (χ1v) is 7.40. The maximum absolute atomic E-state index is 13.8. The predicted octanol–water partition coefficient (Wildman–Crippen LogP) is 2.50. The fraction of sp³-hybridized carbons (Fsp3) is 0.357. The first-order chi connectivity index (χ1) is 9.66. The molecule has 0 radical (unpaired) electrons. The third-order valence-corrected chi connectivity index (χ3v) is 4.72. The van der Waals surface area contributed by atoms with Crippen molar-refractivity contribution in [1.82, 2.24) is 4.37 Å². The van der Waals surface area contributed by atoms with Crippen LogP contribution < -0.4 is 15.5 Å².